The summed E-state index contributed by atoms with van der Waals surface area (Å²) < 4.78 is 1.78. The average molecular weight is 251 g/mol. The van der Waals surface area contributed by atoms with Crippen molar-refractivity contribution in [1.82, 2.24) is 20.0 Å². The molecule has 2 N–H and O–H groups in total. The Labute approximate surface area is 107 Å². The molecule has 1 amide bonds. The maximum Gasteiger partial charge on any atom is 0.238 e. The Kier molecular flexibility index (Phi) is 3.68. The average Bonchev–Trinajstić information content (AvgIpc) is 2.42. The van der Waals surface area contributed by atoms with Crippen LogP contribution in [0.3, 0.4) is 0 Å². The first-order chi connectivity index (χ1) is 8.49. The van der Waals surface area contributed by atoms with Gasteiger partial charge in [-0.15, -0.1) is 0 Å². The number of carbonyl (C=O) groups is 1. The third kappa shape index (κ3) is 2.54. The number of rotatable bonds is 4. The van der Waals surface area contributed by atoms with Crippen molar-refractivity contribution >= 4 is 11.6 Å². The number of hydrogen-bond acceptors (Lipinski definition) is 4. The van der Waals surface area contributed by atoms with Gasteiger partial charge >= 0.3 is 0 Å². The molecule has 0 spiro atoms. The highest BCUT2D eigenvalue weighted by atomic mass is 16.2. The van der Waals surface area contributed by atoms with Gasteiger partial charge in [-0.05, 0) is 20.9 Å². The molecule has 6 heteroatoms. The fourth-order valence-corrected chi connectivity index (χ4v) is 2.07. The highest BCUT2D eigenvalue weighted by Gasteiger charge is 2.23. The Balaban J connectivity index is 1.94. The molecule has 1 aliphatic rings. The highest BCUT2D eigenvalue weighted by Crippen LogP contribution is 2.18. The van der Waals surface area contributed by atoms with Crippen LogP contribution in [0.25, 0.3) is 0 Å². The predicted molar refractivity (Wildman–Crippen MR) is 70.6 cm³/mol. The van der Waals surface area contributed by atoms with Crippen molar-refractivity contribution in [2.24, 2.45) is 7.05 Å². The first-order valence-corrected chi connectivity index (χ1v) is 6.20. The van der Waals surface area contributed by atoms with Crippen molar-refractivity contribution in [3.63, 3.8) is 0 Å². The van der Waals surface area contributed by atoms with Gasteiger partial charge in [0.25, 0.3) is 0 Å². The summed E-state index contributed by atoms with van der Waals surface area (Å²) in [5.41, 5.74) is 2.67. The fraction of sp³-hybridized carbons (Fsp3) is 0.667. The largest absolute Gasteiger partial charge is 0.322 e. The normalized spacial score (nSPS) is 15.8. The molecule has 1 aliphatic heterocycles. The summed E-state index contributed by atoms with van der Waals surface area (Å²) in [5.74, 6) is 0.0172. The van der Waals surface area contributed by atoms with E-state index in [1.54, 1.807) is 4.68 Å². The van der Waals surface area contributed by atoms with Crippen LogP contribution in [-0.2, 0) is 11.8 Å². The molecular weight excluding hydrogens is 230 g/mol. The van der Waals surface area contributed by atoms with Crippen LogP contribution >= 0.6 is 0 Å². The van der Waals surface area contributed by atoms with E-state index in [4.69, 9.17) is 0 Å². The van der Waals surface area contributed by atoms with Crippen molar-refractivity contribution < 1.29 is 4.79 Å². The summed E-state index contributed by atoms with van der Waals surface area (Å²) in [7, 11) is 3.86. The molecule has 1 fully saturated rings. The zero-order chi connectivity index (χ0) is 13.3. The third-order valence-electron chi connectivity index (χ3n) is 3.55. The van der Waals surface area contributed by atoms with Gasteiger partial charge in [0.15, 0.2) is 0 Å². The molecule has 0 atom stereocenters. The van der Waals surface area contributed by atoms with Crippen molar-refractivity contribution in [3.8, 4) is 0 Å². The quantitative estimate of drug-likeness (QED) is 0.783. The van der Waals surface area contributed by atoms with Crippen molar-refractivity contribution in [2.75, 3.05) is 32.0 Å². The highest BCUT2D eigenvalue weighted by molar-refractivity contribution is 5.93. The second-order valence-corrected chi connectivity index (χ2v) is 4.94. The van der Waals surface area contributed by atoms with Crippen LogP contribution in [0.4, 0.5) is 5.69 Å². The summed E-state index contributed by atoms with van der Waals surface area (Å²) >= 11 is 0. The topological polar surface area (TPSA) is 62.2 Å². The molecular formula is C12H21N5O. The molecule has 18 heavy (non-hydrogen) atoms. The lowest BCUT2D eigenvalue weighted by Gasteiger charge is -2.35. The molecule has 0 radical (unpaired) electrons. The molecule has 100 valence electrons. The van der Waals surface area contributed by atoms with E-state index in [9.17, 15) is 4.79 Å². The summed E-state index contributed by atoms with van der Waals surface area (Å²) in [6, 6.07) is 0.479. The van der Waals surface area contributed by atoms with Gasteiger partial charge in [0.2, 0.25) is 5.91 Å². The number of anilines is 1. The zero-order valence-corrected chi connectivity index (χ0v) is 11.4. The monoisotopic (exact) mass is 251 g/mol. The molecule has 0 aromatic carbocycles. The van der Waals surface area contributed by atoms with E-state index in [0.717, 1.165) is 30.2 Å². The molecule has 0 bridgehead atoms. The lowest BCUT2D eigenvalue weighted by molar-refractivity contribution is -0.117. The smallest absolute Gasteiger partial charge is 0.238 e. The maximum atomic E-state index is 12.0. The van der Waals surface area contributed by atoms with Crippen LogP contribution in [0, 0.1) is 13.8 Å². The molecule has 0 aliphatic carbocycles. The van der Waals surface area contributed by atoms with Crippen LogP contribution < -0.4 is 10.6 Å². The number of nitrogens with zero attached hydrogens (tertiary/aromatic N) is 3. The summed E-state index contributed by atoms with van der Waals surface area (Å²) in [4.78, 5) is 14.0. The third-order valence-corrected chi connectivity index (χ3v) is 3.55. The first-order valence-electron chi connectivity index (χ1n) is 6.20. The molecule has 0 saturated carbocycles. The van der Waals surface area contributed by atoms with E-state index < -0.39 is 0 Å². The van der Waals surface area contributed by atoms with Crippen LogP contribution in [0.2, 0.25) is 0 Å². The Bertz CT molecular complexity index is 450. The van der Waals surface area contributed by atoms with Gasteiger partial charge in [0, 0.05) is 26.2 Å². The van der Waals surface area contributed by atoms with Crippen LogP contribution in [-0.4, -0.2) is 53.3 Å². The maximum absolute atomic E-state index is 12.0. The van der Waals surface area contributed by atoms with E-state index in [0.29, 0.717) is 12.6 Å². The van der Waals surface area contributed by atoms with Gasteiger partial charge in [-0.1, -0.05) is 0 Å². The van der Waals surface area contributed by atoms with E-state index in [2.05, 4.69) is 20.6 Å². The summed E-state index contributed by atoms with van der Waals surface area (Å²) in [6.45, 7) is 6.21. The van der Waals surface area contributed by atoms with Gasteiger partial charge in [-0.25, -0.2) is 0 Å². The number of aryl methyl sites for hydroxylation is 2. The number of carbonyl (C=O) groups excluding carboxylic acids is 1. The number of likely N-dealkylation sites (N-methyl/N-ethyl adjacent to an activating group) is 1. The van der Waals surface area contributed by atoms with E-state index >= 15 is 0 Å². The fourth-order valence-electron chi connectivity index (χ4n) is 2.07. The molecule has 1 saturated heterocycles. The molecule has 0 unspecified atom stereocenters. The van der Waals surface area contributed by atoms with Crippen molar-refractivity contribution in [1.29, 1.82) is 0 Å². The van der Waals surface area contributed by atoms with E-state index in [-0.39, 0.29) is 5.91 Å². The molecule has 2 heterocycles. The SMILES string of the molecule is Cc1nn(C)c(C)c1NC(=O)CN(C)C1CNC1. The Hall–Kier alpha value is -1.40. The molecule has 1 aromatic rings. The second-order valence-electron chi connectivity index (χ2n) is 4.94. The van der Waals surface area contributed by atoms with Crippen molar-refractivity contribution in [3.05, 3.63) is 11.4 Å². The van der Waals surface area contributed by atoms with Crippen molar-refractivity contribution in [2.45, 2.75) is 19.9 Å². The van der Waals surface area contributed by atoms with Crippen LogP contribution in [0.1, 0.15) is 11.4 Å². The van der Waals surface area contributed by atoms with Crippen LogP contribution in [0.15, 0.2) is 0 Å². The van der Waals surface area contributed by atoms with E-state index in [1.807, 2.05) is 27.9 Å². The molecule has 2 rings (SSSR count). The van der Waals surface area contributed by atoms with E-state index in [1.165, 1.54) is 0 Å². The lowest BCUT2D eigenvalue weighted by Crippen LogP contribution is -2.57. The van der Waals surface area contributed by atoms with Gasteiger partial charge in [-0.3, -0.25) is 14.4 Å². The molecule has 1 aromatic heterocycles. The number of nitrogens with one attached hydrogen (secondary N) is 2. The zero-order valence-electron chi connectivity index (χ0n) is 11.4. The Morgan fingerprint density at radius 2 is 2.22 bits per heavy atom. The minimum absolute atomic E-state index is 0.0172. The molecule has 6 nitrogen and oxygen atoms in total. The Morgan fingerprint density at radius 1 is 1.56 bits per heavy atom. The van der Waals surface area contributed by atoms with Gasteiger partial charge in [-0.2, -0.15) is 5.10 Å². The lowest BCUT2D eigenvalue weighted by atomic mass is 10.1. The summed E-state index contributed by atoms with van der Waals surface area (Å²) in [5, 5.41) is 10.4. The van der Waals surface area contributed by atoms with Crippen LogP contribution in [0.5, 0.6) is 0 Å². The second kappa shape index (κ2) is 5.07. The standard InChI is InChI=1S/C12H21N5O/c1-8-12(9(2)17(4)15-8)14-11(18)7-16(3)10-5-13-6-10/h10,13H,5-7H2,1-4H3,(H,14,18). The summed E-state index contributed by atoms with van der Waals surface area (Å²) in [6.07, 6.45) is 0. The van der Waals surface area contributed by atoms with Gasteiger partial charge in [0.05, 0.1) is 23.6 Å². The number of hydrogen-bond donors (Lipinski definition) is 2. The van der Waals surface area contributed by atoms with Gasteiger partial charge in [0.1, 0.15) is 0 Å². The Morgan fingerprint density at radius 3 is 2.67 bits per heavy atom. The predicted octanol–water partition coefficient (Wildman–Crippen LogP) is -0.121. The number of amides is 1. The first kappa shape index (κ1) is 13.0. The minimum atomic E-state index is 0.0172. The van der Waals surface area contributed by atoms with Gasteiger partial charge < -0.3 is 10.6 Å². The number of aromatic nitrogens is 2. The minimum Gasteiger partial charge on any atom is -0.322 e.